The average molecular weight is 478 g/mol. The predicted molar refractivity (Wildman–Crippen MR) is 156 cm³/mol. The van der Waals surface area contributed by atoms with Gasteiger partial charge in [-0.3, -0.25) is 0 Å². The summed E-state index contributed by atoms with van der Waals surface area (Å²) in [6.45, 7) is 4.68. The van der Waals surface area contributed by atoms with E-state index in [0.29, 0.717) is 0 Å². The molecule has 5 aromatic carbocycles. The first-order chi connectivity index (χ1) is 18.1. The molecular weight excluding hydrogens is 450 g/mol. The largest absolute Gasteiger partial charge is 0.456 e. The zero-order valence-electron chi connectivity index (χ0n) is 21.1. The molecule has 1 heterocycles. The van der Waals surface area contributed by atoms with Crippen molar-refractivity contribution in [2.75, 3.05) is 5.32 Å². The Morgan fingerprint density at radius 1 is 0.757 bits per heavy atom. The second-order valence-electron chi connectivity index (χ2n) is 11.0. The molecule has 0 atom stereocenters. The summed E-state index contributed by atoms with van der Waals surface area (Å²) in [7, 11) is 0. The molecule has 2 heteroatoms. The fourth-order valence-electron chi connectivity index (χ4n) is 6.63. The quantitative estimate of drug-likeness (QED) is 0.268. The molecular formula is C35H27NO. The maximum atomic E-state index is 6.23. The van der Waals surface area contributed by atoms with Gasteiger partial charge in [0.25, 0.3) is 0 Å². The lowest BCUT2D eigenvalue weighted by Crippen LogP contribution is -2.14. The van der Waals surface area contributed by atoms with Crippen LogP contribution in [0.25, 0.3) is 49.9 Å². The number of allylic oxidation sites excluding steroid dienone is 1. The molecule has 0 fully saturated rings. The maximum absolute atomic E-state index is 6.23. The number of fused-ring (bicyclic) bond motifs is 10. The number of rotatable bonds is 2. The highest BCUT2D eigenvalue weighted by atomic mass is 16.3. The van der Waals surface area contributed by atoms with Crippen LogP contribution >= 0.6 is 0 Å². The molecule has 0 amide bonds. The molecule has 6 aromatic rings. The Morgan fingerprint density at radius 3 is 2.51 bits per heavy atom. The number of aryl methyl sites for hydroxylation is 1. The van der Waals surface area contributed by atoms with Gasteiger partial charge < -0.3 is 9.73 Å². The highest BCUT2D eigenvalue weighted by Crippen LogP contribution is 2.52. The standard InChI is InChI=1S/C35H27NO/c1-35(2)29-16-13-23(19-27(29)33-25-9-5-3-7-21(25)11-15-30(33)35)36-24-14-18-31-28(20-24)34-26-10-6-4-8-22(26)12-17-32(34)37-31/h3,5-7,9-20,36H,4,8H2,1-2H3. The average Bonchev–Trinajstić information content (AvgIpc) is 3.41. The van der Waals surface area contributed by atoms with E-state index in [0.717, 1.165) is 35.4 Å². The van der Waals surface area contributed by atoms with Gasteiger partial charge in [-0.05, 0) is 93.4 Å². The van der Waals surface area contributed by atoms with Gasteiger partial charge >= 0.3 is 0 Å². The monoisotopic (exact) mass is 477 g/mol. The molecule has 2 nitrogen and oxygen atoms in total. The Kier molecular flexibility index (Phi) is 4.15. The van der Waals surface area contributed by atoms with Crippen molar-refractivity contribution in [1.82, 2.24) is 0 Å². The number of hydrogen-bond acceptors (Lipinski definition) is 2. The Labute approximate surface area is 216 Å². The summed E-state index contributed by atoms with van der Waals surface area (Å²) < 4.78 is 6.23. The number of furan rings is 1. The number of nitrogens with one attached hydrogen (secondary N) is 1. The molecule has 0 saturated heterocycles. The van der Waals surface area contributed by atoms with Crippen molar-refractivity contribution in [3.8, 4) is 11.1 Å². The third-order valence-corrected chi connectivity index (χ3v) is 8.48. The minimum absolute atomic E-state index is 0.0194. The van der Waals surface area contributed by atoms with Crippen molar-refractivity contribution >= 4 is 50.2 Å². The fourth-order valence-corrected chi connectivity index (χ4v) is 6.63. The lowest BCUT2D eigenvalue weighted by atomic mass is 9.82. The van der Waals surface area contributed by atoms with Gasteiger partial charge in [-0.1, -0.05) is 74.5 Å². The lowest BCUT2D eigenvalue weighted by Gasteiger charge is -2.21. The minimum Gasteiger partial charge on any atom is -0.456 e. The number of benzene rings is 5. The first-order valence-electron chi connectivity index (χ1n) is 13.2. The van der Waals surface area contributed by atoms with E-state index in [1.54, 1.807) is 0 Å². The molecule has 0 radical (unpaired) electrons. The molecule has 8 rings (SSSR count). The number of anilines is 2. The molecule has 1 N–H and O–H groups in total. The second kappa shape index (κ2) is 7.36. The predicted octanol–water partition coefficient (Wildman–Crippen LogP) is 9.75. The molecule has 1 aromatic heterocycles. The van der Waals surface area contributed by atoms with Crippen LogP contribution in [0.4, 0.5) is 11.4 Å². The molecule has 2 aliphatic rings. The number of hydrogen-bond donors (Lipinski definition) is 1. The molecule has 2 aliphatic carbocycles. The van der Waals surface area contributed by atoms with Crippen molar-refractivity contribution in [3.63, 3.8) is 0 Å². The first kappa shape index (κ1) is 20.8. The van der Waals surface area contributed by atoms with E-state index in [4.69, 9.17) is 4.42 Å². The van der Waals surface area contributed by atoms with Crippen molar-refractivity contribution in [2.45, 2.75) is 32.1 Å². The highest BCUT2D eigenvalue weighted by molar-refractivity contribution is 6.11. The van der Waals surface area contributed by atoms with Crippen LogP contribution in [0.3, 0.4) is 0 Å². The molecule has 37 heavy (non-hydrogen) atoms. The van der Waals surface area contributed by atoms with Gasteiger partial charge in [0.2, 0.25) is 0 Å². The second-order valence-corrected chi connectivity index (χ2v) is 11.0. The summed E-state index contributed by atoms with van der Waals surface area (Å²) in [4.78, 5) is 0. The van der Waals surface area contributed by atoms with Gasteiger partial charge in [-0.25, -0.2) is 0 Å². The van der Waals surface area contributed by atoms with E-state index in [1.165, 1.54) is 54.9 Å². The first-order valence-corrected chi connectivity index (χ1v) is 13.2. The summed E-state index contributed by atoms with van der Waals surface area (Å²) in [6, 6.07) is 31.0. The van der Waals surface area contributed by atoms with Crippen LogP contribution in [-0.2, 0) is 11.8 Å². The summed E-state index contributed by atoms with van der Waals surface area (Å²) in [5, 5.41) is 8.72. The summed E-state index contributed by atoms with van der Waals surface area (Å²) in [5.74, 6) is 0. The van der Waals surface area contributed by atoms with Crippen molar-refractivity contribution < 1.29 is 4.42 Å². The van der Waals surface area contributed by atoms with Crippen molar-refractivity contribution in [1.29, 1.82) is 0 Å². The van der Waals surface area contributed by atoms with E-state index in [9.17, 15) is 0 Å². The Balaban J connectivity index is 1.26. The molecule has 0 spiro atoms. The lowest BCUT2D eigenvalue weighted by molar-refractivity contribution is 0.661. The molecule has 0 bridgehead atoms. The molecule has 0 aliphatic heterocycles. The third-order valence-electron chi connectivity index (χ3n) is 8.48. The van der Waals surface area contributed by atoms with E-state index >= 15 is 0 Å². The Morgan fingerprint density at radius 2 is 1.57 bits per heavy atom. The maximum Gasteiger partial charge on any atom is 0.136 e. The van der Waals surface area contributed by atoms with Crippen LogP contribution in [0.2, 0.25) is 0 Å². The summed E-state index contributed by atoms with van der Waals surface area (Å²) in [6.07, 6.45) is 6.74. The zero-order valence-corrected chi connectivity index (χ0v) is 21.1. The van der Waals surface area contributed by atoms with Crippen LogP contribution in [0.1, 0.15) is 42.5 Å². The minimum atomic E-state index is -0.0194. The fraction of sp³-hybridized carbons (Fsp3) is 0.143. The van der Waals surface area contributed by atoms with Crippen LogP contribution in [-0.4, -0.2) is 0 Å². The molecule has 178 valence electrons. The summed E-state index contributed by atoms with van der Waals surface area (Å²) >= 11 is 0. The Bertz CT molecular complexity index is 1940. The van der Waals surface area contributed by atoms with Crippen molar-refractivity contribution in [3.05, 3.63) is 113 Å². The summed E-state index contributed by atoms with van der Waals surface area (Å²) in [5.41, 5.74) is 12.3. The van der Waals surface area contributed by atoms with E-state index in [1.807, 2.05) is 0 Å². The van der Waals surface area contributed by atoms with Gasteiger partial charge in [0, 0.05) is 27.6 Å². The third kappa shape index (κ3) is 2.93. The molecule has 0 saturated carbocycles. The van der Waals surface area contributed by atoms with E-state index < -0.39 is 0 Å². The van der Waals surface area contributed by atoms with Crippen LogP contribution in [0.5, 0.6) is 0 Å². The Hall–Kier alpha value is -4.30. The van der Waals surface area contributed by atoms with Gasteiger partial charge in [-0.15, -0.1) is 0 Å². The van der Waals surface area contributed by atoms with Gasteiger partial charge in [-0.2, -0.15) is 0 Å². The van der Waals surface area contributed by atoms with Crippen molar-refractivity contribution in [2.24, 2.45) is 0 Å². The van der Waals surface area contributed by atoms with Crippen LogP contribution in [0, 0.1) is 0 Å². The SMILES string of the molecule is CC1(C)c2ccc(Nc3ccc4oc5ccc6c(c5c4c3)C=CCC6)cc2-c2c1ccc1ccccc21. The smallest absolute Gasteiger partial charge is 0.136 e. The highest BCUT2D eigenvalue weighted by Gasteiger charge is 2.36. The normalized spacial score (nSPS) is 15.2. The van der Waals surface area contributed by atoms with E-state index in [2.05, 4.69) is 116 Å². The van der Waals surface area contributed by atoms with Gasteiger partial charge in [0.1, 0.15) is 11.2 Å². The van der Waals surface area contributed by atoms with Gasteiger partial charge in [0.15, 0.2) is 0 Å². The van der Waals surface area contributed by atoms with Crippen LogP contribution < -0.4 is 5.32 Å². The van der Waals surface area contributed by atoms with E-state index in [-0.39, 0.29) is 5.41 Å². The van der Waals surface area contributed by atoms with Crippen LogP contribution in [0.15, 0.2) is 95.4 Å². The zero-order chi connectivity index (χ0) is 24.7. The molecule has 0 unspecified atom stereocenters. The van der Waals surface area contributed by atoms with Gasteiger partial charge in [0.05, 0.1) is 0 Å². The topological polar surface area (TPSA) is 25.2 Å².